The summed E-state index contributed by atoms with van der Waals surface area (Å²) < 4.78 is 9.56. The minimum Gasteiger partial charge on any atom is -0.383 e. The lowest BCUT2D eigenvalue weighted by molar-refractivity contribution is 0.172. The molecule has 4 rings (SSSR count). The summed E-state index contributed by atoms with van der Waals surface area (Å²) in [5, 5.41) is 8.89. The summed E-state index contributed by atoms with van der Waals surface area (Å²) in [5.41, 5.74) is 8.41. The van der Waals surface area contributed by atoms with E-state index in [1.54, 1.807) is 13.3 Å². The molecule has 0 aliphatic carbocycles. The molecular formula is C26H36BrN7O. The van der Waals surface area contributed by atoms with Crippen LogP contribution in [-0.2, 0) is 29.6 Å². The number of allylic oxidation sites excluding steroid dienone is 1. The van der Waals surface area contributed by atoms with E-state index in [-0.39, 0.29) is 0 Å². The van der Waals surface area contributed by atoms with Crippen LogP contribution in [0.3, 0.4) is 0 Å². The highest BCUT2D eigenvalue weighted by Gasteiger charge is 2.18. The summed E-state index contributed by atoms with van der Waals surface area (Å²) in [7, 11) is 1.75. The van der Waals surface area contributed by atoms with Crippen LogP contribution in [0.5, 0.6) is 0 Å². The van der Waals surface area contributed by atoms with Crippen molar-refractivity contribution >= 4 is 28.0 Å². The Morgan fingerprint density at radius 2 is 2.09 bits per heavy atom. The second kappa shape index (κ2) is 11.5. The molecule has 0 amide bonds. The molecule has 1 saturated heterocycles. The normalized spacial score (nSPS) is 14.4. The van der Waals surface area contributed by atoms with E-state index in [1.807, 2.05) is 10.7 Å². The first-order chi connectivity index (χ1) is 16.9. The molecule has 0 radical (unpaired) electrons. The van der Waals surface area contributed by atoms with Crippen molar-refractivity contribution in [2.75, 3.05) is 32.1 Å². The van der Waals surface area contributed by atoms with Crippen molar-refractivity contribution in [2.24, 2.45) is 0 Å². The molecule has 0 aromatic carbocycles. The van der Waals surface area contributed by atoms with E-state index >= 15 is 0 Å². The highest BCUT2D eigenvalue weighted by Crippen LogP contribution is 2.28. The highest BCUT2D eigenvalue weighted by atomic mass is 79.9. The number of anilines is 1. The topological polar surface area (TPSA) is 73.0 Å². The van der Waals surface area contributed by atoms with Crippen LogP contribution in [0, 0.1) is 13.8 Å². The number of nitrogens with one attached hydrogen (secondary N) is 1. The van der Waals surface area contributed by atoms with E-state index in [0.29, 0.717) is 12.6 Å². The van der Waals surface area contributed by atoms with Gasteiger partial charge in [-0.25, -0.2) is 9.67 Å². The van der Waals surface area contributed by atoms with Gasteiger partial charge in [0, 0.05) is 72.2 Å². The van der Waals surface area contributed by atoms with Crippen LogP contribution < -0.4 is 5.32 Å². The number of alkyl halides is 1. The number of nitrogens with zero attached hydrogens (tertiary/aromatic N) is 6. The number of hydrogen-bond acceptors (Lipinski definition) is 6. The van der Waals surface area contributed by atoms with Crippen LogP contribution in [0.25, 0.3) is 11.9 Å². The van der Waals surface area contributed by atoms with Crippen LogP contribution in [0.2, 0.25) is 0 Å². The molecule has 1 fully saturated rings. The van der Waals surface area contributed by atoms with E-state index in [9.17, 15) is 0 Å². The zero-order valence-corrected chi connectivity index (χ0v) is 23.0. The fourth-order valence-electron chi connectivity index (χ4n) is 4.60. The summed E-state index contributed by atoms with van der Waals surface area (Å²) in [4.78, 5) is 11.6. The molecular weight excluding hydrogens is 506 g/mol. The summed E-state index contributed by atoms with van der Waals surface area (Å²) in [6.07, 6.45) is 8.29. The van der Waals surface area contributed by atoms with E-state index in [1.165, 1.54) is 47.6 Å². The summed E-state index contributed by atoms with van der Waals surface area (Å²) in [6.45, 7) is 13.3. The Morgan fingerprint density at radius 3 is 2.74 bits per heavy atom. The zero-order chi connectivity index (χ0) is 24.9. The van der Waals surface area contributed by atoms with Gasteiger partial charge in [0.1, 0.15) is 0 Å². The number of ether oxygens (including phenoxy) is 1. The fourth-order valence-corrected chi connectivity index (χ4v) is 5.31. The third-order valence-electron chi connectivity index (χ3n) is 6.68. The molecule has 1 aliphatic heterocycles. The molecule has 0 atom stereocenters. The third kappa shape index (κ3) is 5.68. The summed E-state index contributed by atoms with van der Waals surface area (Å²) in [5.74, 6) is 1.31. The molecule has 4 heterocycles. The van der Waals surface area contributed by atoms with Gasteiger partial charge in [-0.3, -0.25) is 4.90 Å². The van der Waals surface area contributed by atoms with E-state index in [2.05, 4.69) is 75.7 Å². The molecule has 1 N–H and O–H groups in total. The molecule has 9 heteroatoms. The molecule has 35 heavy (non-hydrogen) atoms. The molecule has 1 aliphatic rings. The number of likely N-dealkylation sites (tertiary alicyclic amines) is 1. The van der Waals surface area contributed by atoms with Gasteiger partial charge in [0.25, 0.3) is 0 Å². The lowest BCUT2D eigenvalue weighted by Crippen LogP contribution is -2.36. The molecule has 3 aromatic heterocycles. The lowest BCUT2D eigenvalue weighted by atomic mass is 10.1. The smallest absolute Gasteiger partial charge is 0.228 e. The number of rotatable bonds is 11. The standard InChI is InChI=1S/C26H36BrN7O/c1-6-24-22(23(15-27)20(4)33(24)12-13-35-5)14-18(2)29-26-28-9-8-25(30-26)34-17-21(19(3)31-34)16-32-10-7-11-32/h8-9,14,17H,6-7,10-13,15-16H2,1-5H3,(H,28,29,30)/b18-14+. The molecule has 0 bridgehead atoms. The van der Waals surface area contributed by atoms with Gasteiger partial charge in [-0.15, -0.1) is 0 Å². The molecule has 3 aromatic rings. The van der Waals surface area contributed by atoms with Gasteiger partial charge in [-0.1, -0.05) is 22.9 Å². The molecule has 0 unspecified atom stereocenters. The molecule has 8 nitrogen and oxygen atoms in total. The van der Waals surface area contributed by atoms with Gasteiger partial charge in [-0.05, 0) is 58.3 Å². The Hall–Kier alpha value is -2.49. The third-order valence-corrected chi connectivity index (χ3v) is 7.24. The number of halogens is 1. The second-order valence-corrected chi connectivity index (χ2v) is 9.62. The average Bonchev–Trinajstić information content (AvgIpc) is 3.30. The van der Waals surface area contributed by atoms with Crippen molar-refractivity contribution in [1.29, 1.82) is 0 Å². The minimum absolute atomic E-state index is 0.558. The van der Waals surface area contributed by atoms with Crippen molar-refractivity contribution in [1.82, 2.24) is 29.2 Å². The van der Waals surface area contributed by atoms with Crippen LogP contribution in [-0.4, -0.2) is 56.0 Å². The maximum Gasteiger partial charge on any atom is 0.228 e. The first-order valence-electron chi connectivity index (χ1n) is 12.3. The number of methoxy groups -OCH3 is 1. The van der Waals surface area contributed by atoms with Crippen molar-refractivity contribution in [3.8, 4) is 5.82 Å². The molecule has 188 valence electrons. The van der Waals surface area contributed by atoms with Gasteiger partial charge in [0.15, 0.2) is 5.82 Å². The van der Waals surface area contributed by atoms with Crippen molar-refractivity contribution in [3.63, 3.8) is 0 Å². The Morgan fingerprint density at radius 1 is 1.29 bits per heavy atom. The zero-order valence-electron chi connectivity index (χ0n) is 21.4. The van der Waals surface area contributed by atoms with Gasteiger partial charge in [0.2, 0.25) is 5.95 Å². The number of hydrogen-bond donors (Lipinski definition) is 1. The molecule has 0 saturated carbocycles. The van der Waals surface area contributed by atoms with Gasteiger partial charge in [-0.2, -0.15) is 10.1 Å². The Kier molecular flexibility index (Phi) is 8.41. The SMILES string of the molecule is CCc1c(/C=C(\C)Nc2nccc(-n3cc(CN4CCC4)c(C)n3)n2)c(CBr)c(C)n1CCOC. The van der Waals surface area contributed by atoms with Crippen molar-refractivity contribution < 1.29 is 4.74 Å². The van der Waals surface area contributed by atoms with Crippen molar-refractivity contribution in [3.05, 3.63) is 57.9 Å². The van der Waals surface area contributed by atoms with E-state index in [0.717, 1.165) is 42.0 Å². The summed E-state index contributed by atoms with van der Waals surface area (Å²) in [6, 6.07) is 1.89. The van der Waals surface area contributed by atoms with Gasteiger partial charge >= 0.3 is 0 Å². The number of aryl methyl sites for hydroxylation is 1. The first kappa shape index (κ1) is 25.6. The van der Waals surface area contributed by atoms with Crippen LogP contribution >= 0.6 is 15.9 Å². The Bertz CT molecular complexity index is 1190. The van der Waals surface area contributed by atoms with E-state index in [4.69, 9.17) is 14.8 Å². The van der Waals surface area contributed by atoms with Crippen LogP contribution in [0.1, 0.15) is 54.0 Å². The monoisotopic (exact) mass is 541 g/mol. The average molecular weight is 543 g/mol. The quantitative estimate of drug-likeness (QED) is 0.349. The predicted octanol–water partition coefficient (Wildman–Crippen LogP) is 4.86. The molecule has 0 spiro atoms. The Balaban J connectivity index is 1.56. The van der Waals surface area contributed by atoms with Gasteiger partial charge in [0.05, 0.1) is 12.3 Å². The predicted molar refractivity (Wildman–Crippen MR) is 144 cm³/mol. The highest BCUT2D eigenvalue weighted by molar-refractivity contribution is 9.08. The number of aromatic nitrogens is 5. The second-order valence-electron chi connectivity index (χ2n) is 9.06. The maximum atomic E-state index is 5.34. The fraction of sp³-hybridized carbons (Fsp3) is 0.500. The Labute approximate surface area is 216 Å². The summed E-state index contributed by atoms with van der Waals surface area (Å²) >= 11 is 3.70. The van der Waals surface area contributed by atoms with Crippen molar-refractivity contribution in [2.45, 2.75) is 59.0 Å². The first-order valence-corrected chi connectivity index (χ1v) is 13.4. The van der Waals surface area contributed by atoms with Crippen LogP contribution in [0.4, 0.5) is 5.95 Å². The minimum atomic E-state index is 0.558. The van der Waals surface area contributed by atoms with E-state index < -0.39 is 0 Å². The van der Waals surface area contributed by atoms with Crippen LogP contribution in [0.15, 0.2) is 24.2 Å². The van der Waals surface area contributed by atoms with Gasteiger partial charge < -0.3 is 14.6 Å². The maximum absolute atomic E-state index is 5.34. The lowest BCUT2D eigenvalue weighted by Gasteiger charge is -2.30. The largest absolute Gasteiger partial charge is 0.383 e.